The fraction of sp³-hybridized carbons (Fsp3) is 0. The maximum atomic E-state index is 10.8. The number of nitrogens with one attached hydrogen (secondary N) is 1. The van der Waals surface area contributed by atoms with E-state index in [9.17, 15) is 5.11 Å². The molecule has 0 bridgehead atoms. The van der Waals surface area contributed by atoms with Crippen molar-refractivity contribution in [2.24, 2.45) is 0 Å². The van der Waals surface area contributed by atoms with Crippen LogP contribution < -0.4 is 9.88 Å². The Kier molecular flexibility index (Phi) is 5.71. The summed E-state index contributed by atoms with van der Waals surface area (Å²) in [4.78, 5) is 1.01. The highest BCUT2D eigenvalue weighted by Crippen LogP contribution is 2.28. The average Bonchev–Trinajstić information content (AvgIpc) is 3.04. The molecule has 2 aromatic heterocycles. The molecule has 0 unspecified atom stereocenters. The molecule has 2 heterocycles. The standard InChI is InChI=1S/C18H12Cl2N2OS2/c19-12-4-6-13(7-5-12)21-18(24)16(22-10-2-1-3-11-22)17(23)14-8-9-15(20)25-14/h1-11H,(H-,21,23,24)/p+1. The summed E-state index contributed by atoms with van der Waals surface area (Å²) in [5.41, 5.74) is 1.24. The third kappa shape index (κ3) is 4.38. The summed E-state index contributed by atoms with van der Waals surface area (Å²) >= 11 is 18.7. The number of aromatic nitrogens is 1. The molecule has 0 atom stereocenters. The molecule has 0 aliphatic heterocycles. The van der Waals surface area contributed by atoms with Crippen molar-refractivity contribution < 1.29 is 9.67 Å². The Labute approximate surface area is 164 Å². The second kappa shape index (κ2) is 7.97. The van der Waals surface area contributed by atoms with Crippen LogP contribution in [-0.2, 0) is 0 Å². The first-order valence-corrected chi connectivity index (χ1v) is 9.25. The molecule has 7 heteroatoms. The monoisotopic (exact) mass is 407 g/mol. The minimum absolute atomic E-state index is 0.0552. The van der Waals surface area contributed by atoms with Gasteiger partial charge in [0.1, 0.15) is 0 Å². The number of anilines is 1. The van der Waals surface area contributed by atoms with E-state index in [1.807, 2.05) is 42.7 Å². The number of halogens is 2. The number of pyridine rings is 1. The molecule has 2 N–H and O–H groups in total. The lowest BCUT2D eigenvalue weighted by atomic mass is 10.2. The molecule has 0 fully saturated rings. The number of benzene rings is 1. The number of rotatable bonds is 4. The van der Waals surface area contributed by atoms with Gasteiger partial charge in [0.15, 0.2) is 17.4 Å². The predicted molar refractivity (Wildman–Crippen MR) is 109 cm³/mol. The average molecular weight is 408 g/mol. The van der Waals surface area contributed by atoms with E-state index in [2.05, 4.69) is 5.32 Å². The van der Waals surface area contributed by atoms with Crippen LogP contribution in [0.2, 0.25) is 9.36 Å². The van der Waals surface area contributed by atoms with Crippen LogP contribution in [0.1, 0.15) is 4.88 Å². The van der Waals surface area contributed by atoms with Gasteiger partial charge in [0.25, 0.3) is 5.70 Å². The highest BCUT2D eigenvalue weighted by atomic mass is 35.5. The summed E-state index contributed by atoms with van der Waals surface area (Å²) in [5, 5.41) is 14.6. The number of aliphatic hydroxyl groups is 1. The Balaban J connectivity index is 2.02. The predicted octanol–water partition coefficient (Wildman–Crippen LogP) is 5.67. The van der Waals surface area contributed by atoms with Crippen molar-refractivity contribution in [2.45, 2.75) is 0 Å². The zero-order valence-electron chi connectivity index (χ0n) is 12.8. The van der Waals surface area contributed by atoms with Crippen LogP contribution >= 0.6 is 46.8 Å². The third-order valence-corrected chi connectivity index (χ3v) is 5.11. The number of hydrogen-bond donors (Lipinski definition) is 2. The lowest BCUT2D eigenvalue weighted by Gasteiger charge is -2.09. The van der Waals surface area contributed by atoms with Gasteiger partial charge in [-0.2, -0.15) is 4.57 Å². The largest absolute Gasteiger partial charge is 0.501 e. The summed E-state index contributed by atoms with van der Waals surface area (Å²) in [6.45, 7) is 0. The molecule has 3 aromatic rings. The topological polar surface area (TPSA) is 36.1 Å². The Hall–Kier alpha value is -1.92. The summed E-state index contributed by atoms with van der Waals surface area (Å²) in [6.07, 6.45) is 3.63. The Bertz CT molecular complexity index is 922. The van der Waals surface area contributed by atoms with Crippen LogP contribution in [0.5, 0.6) is 0 Å². The van der Waals surface area contributed by atoms with Gasteiger partial charge >= 0.3 is 0 Å². The summed E-state index contributed by atoms with van der Waals surface area (Å²) in [7, 11) is 0. The van der Waals surface area contributed by atoms with E-state index >= 15 is 0 Å². The molecule has 25 heavy (non-hydrogen) atoms. The highest BCUT2D eigenvalue weighted by Gasteiger charge is 2.24. The molecule has 0 aliphatic rings. The molecular weight excluding hydrogens is 395 g/mol. The first kappa shape index (κ1) is 17.9. The smallest absolute Gasteiger partial charge is 0.289 e. The van der Waals surface area contributed by atoms with Gasteiger partial charge in [-0.05, 0) is 36.4 Å². The number of thiophene rings is 1. The maximum absolute atomic E-state index is 10.8. The van der Waals surface area contributed by atoms with E-state index < -0.39 is 0 Å². The van der Waals surface area contributed by atoms with E-state index in [1.54, 1.807) is 28.8 Å². The van der Waals surface area contributed by atoms with Gasteiger partial charge in [0, 0.05) is 22.8 Å². The van der Waals surface area contributed by atoms with Crippen molar-refractivity contribution in [2.75, 3.05) is 5.32 Å². The van der Waals surface area contributed by atoms with E-state index in [4.69, 9.17) is 35.4 Å². The fourth-order valence-corrected chi connectivity index (χ4v) is 3.61. The van der Waals surface area contributed by atoms with Crippen molar-refractivity contribution in [1.82, 2.24) is 0 Å². The first-order chi connectivity index (χ1) is 12.0. The minimum Gasteiger partial charge on any atom is -0.501 e. The lowest BCUT2D eigenvalue weighted by molar-refractivity contribution is -0.575. The van der Waals surface area contributed by atoms with E-state index in [0.717, 1.165) is 5.69 Å². The molecule has 0 saturated heterocycles. The quantitative estimate of drug-likeness (QED) is 0.253. The summed E-state index contributed by atoms with van der Waals surface area (Å²) in [5.74, 6) is 0.0552. The van der Waals surface area contributed by atoms with Crippen molar-refractivity contribution in [3.05, 3.63) is 81.2 Å². The van der Waals surface area contributed by atoms with Gasteiger partial charge in [-0.1, -0.05) is 41.5 Å². The second-order valence-corrected chi connectivity index (χ2v) is 7.60. The van der Waals surface area contributed by atoms with Crippen LogP contribution in [0.3, 0.4) is 0 Å². The highest BCUT2D eigenvalue weighted by molar-refractivity contribution is 7.81. The van der Waals surface area contributed by atoms with E-state index in [-0.39, 0.29) is 5.76 Å². The minimum atomic E-state index is 0.0552. The summed E-state index contributed by atoms with van der Waals surface area (Å²) in [6, 6.07) is 16.3. The van der Waals surface area contributed by atoms with Crippen LogP contribution in [0, 0.1) is 0 Å². The second-order valence-electron chi connectivity index (χ2n) is 5.04. The van der Waals surface area contributed by atoms with Gasteiger partial charge in [0.05, 0.1) is 9.21 Å². The van der Waals surface area contributed by atoms with Crippen molar-refractivity contribution >= 4 is 68.9 Å². The molecule has 126 valence electrons. The van der Waals surface area contributed by atoms with Crippen molar-refractivity contribution in [1.29, 1.82) is 0 Å². The molecule has 0 saturated carbocycles. The maximum Gasteiger partial charge on any atom is 0.289 e. The molecule has 0 aliphatic carbocycles. The fourth-order valence-electron chi connectivity index (χ4n) is 2.18. The van der Waals surface area contributed by atoms with Crippen LogP contribution in [0.15, 0.2) is 67.0 Å². The van der Waals surface area contributed by atoms with Crippen LogP contribution in [0.25, 0.3) is 11.5 Å². The molecule has 1 aromatic carbocycles. The van der Waals surface area contributed by atoms with E-state index in [0.29, 0.717) is 24.9 Å². The number of aliphatic hydroxyl groups excluding tert-OH is 1. The molecule has 0 spiro atoms. The van der Waals surface area contributed by atoms with Gasteiger partial charge in [-0.3, -0.25) is 0 Å². The summed E-state index contributed by atoms with van der Waals surface area (Å²) < 4.78 is 2.35. The van der Waals surface area contributed by atoms with Gasteiger partial charge < -0.3 is 10.4 Å². The number of nitrogens with zero attached hydrogens (tertiary/aromatic N) is 1. The Morgan fingerprint density at radius 1 is 1.00 bits per heavy atom. The molecule has 3 rings (SSSR count). The molecule has 3 nitrogen and oxygen atoms in total. The van der Waals surface area contributed by atoms with E-state index in [1.165, 1.54) is 11.3 Å². The lowest BCUT2D eigenvalue weighted by Crippen LogP contribution is -2.38. The van der Waals surface area contributed by atoms with Crippen molar-refractivity contribution in [3.8, 4) is 0 Å². The number of hydrogen-bond acceptors (Lipinski definition) is 3. The van der Waals surface area contributed by atoms with Gasteiger partial charge in [0.2, 0.25) is 5.76 Å². The zero-order chi connectivity index (χ0) is 17.8. The van der Waals surface area contributed by atoms with Crippen LogP contribution in [0.4, 0.5) is 5.69 Å². The molecule has 0 radical (unpaired) electrons. The molecular formula is C18H13Cl2N2OS2+. The van der Waals surface area contributed by atoms with Gasteiger partial charge in [-0.25, -0.2) is 0 Å². The first-order valence-electron chi connectivity index (χ1n) is 7.27. The van der Waals surface area contributed by atoms with Crippen molar-refractivity contribution in [3.63, 3.8) is 0 Å². The normalized spacial score (nSPS) is 11.8. The third-order valence-electron chi connectivity index (χ3n) is 3.32. The van der Waals surface area contributed by atoms with Crippen LogP contribution in [-0.4, -0.2) is 10.1 Å². The Morgan fingerprint density at radius 2 is 1.68 bits per heavy atom. The zero-order valence-corrected chi connectivity index (χ0v) is 16.0. The molecule has 0 amide bonds. The Morgan fingerprint density at radius 3 is 2.28 bits per heavy atom. The van der Waals surface area contributed by atoms with Gasteiger partial charge in [-0.15, -0.1) is 11.3 Å². The number of thiocarbonyl (C=S) groups is 1. The SMILES string of the molecule is O/C(=C(\C(=S)Nc1ccc(Cl)cc1)[n+]1ccccc1)c1ccc(Cl)s1.